The van der Waals surface area contributed by atoms with Crippen LogP contribution in [0.4, 0.5) is 0 Å². The van der Waals surface area contributed by atoms with Crippen LogP contribution >= 0.6 is 0 Å². The Morgan fingerprint density at radius 2 is 1.92 bits per heavy atom. The molecule has 0 fully saturated rings. The molecule has 0 amide bonds. The molecule has 1 aliphatic rings. The number of rotatable bonds is 5. The molecule has 1 aromatic heterocycles. The van der Waals surface area contributed by atoms with Crippen molar-refractivity contribution in [2.75, 3.05) is 5.75 Å². The van der Waals surface area contributed by atoms with Gasteiger partial charge in [0.25, 0.3) is 0 Å². The van der Waals surface area contributed by atoms with Gasteiger partial charge in [-0.25, -0.2) is 8.42 Å². The average Bonchev–Trinajstić information content (AvgIpc) is 3.05. The largest absolute Gasteiger partial charge is 0.366 e. The third kappa shape index (κ3) is 3.15. The highest BCUT2D eigenvalue weighted by Gasteiger charge is 2.42. The van der Waals surface area contributed by atoms with Gasteiger partial charge in [-0.3, -0.25) is 5.32 Å². The van der Waals surface area contributed by atoms with Crippen molar-refractivity contribution in [3.8, 4) is 0 Å². The molecule has 4 nitrogen and oxygen atoms in total. The Kier molecular flexibility index (Phi) is 4.83. The van der Waals surface area contributed by atoms with Gasteiger partial charge in [0, 0.05) is 23.5 Å². The van der Waals surface area contributed by atoms with Gasteiger partial charge >= 0.3 is 0 Å². The van der Waals surface area contributed by atoms with Gasteiger partial charge in [0.1, 0.15) is 0 Å². The smallest absolute Gasteiger partial charge is 0.182 e. The Labute approximate surface area is 144 Å². The van der Waals surface area contributed by atoms with E-state index in [-0.39, 0.29) is 17.3 Å². The first-order chi connectivity index (χ1) is 11.5. The van der Waals surface area contributed by atoms with Gasteiger partial charge in [0.05, 0.1) is 16.7 Å². The summed E-state index contributed by atoms with van der Waals surface area (Å²) in [5.74, 6) is 0.157. The lowest BCUT2D eigenvalue weighted by atomic mass is 9.88. The molecule has 2 N–H and O–H groups in total. The van der Waals surface area contributed by atoms with E-state index in [4.69, 9.17) is 0 Å². The van der Waals surface area contributed by atoms with Crippen LogP contribution in [0.3, 0.4) is 0 Å². The Morgan fingerprint density at radius 1 is 1.17 bits per heavy atom. The molecule has 0 radical (unpaired) electrons. The van der Waals surface area contributed by atoms with Crippen LogP contribution in [0.2, 0.25) is 0 Å². The minimum atomic E-state index is -3.32. The number of hydrogen-bond acceptors (Lipinski definition) is 3. The fourth-order valence-electron chi connectivity index (χ4n) is 3.67. The fourth-order valence-corrected chi connectivity index (χ4v) is 5.77. The second-order valence-corrected chi connectivity index (χ2v) is 8.72. The van der Waals surface area contributed by atoms with Crippen LogP contribution in [0.25, 0.3) is 0 Å². The summed E-state index contributed by atoms with van der Waals surface area (Å²) in [5, 5.41) is 3.73. The Hall–Kier alpha value is -1.59. The molecule has 1 aromatic carbocycles. The lowest BCUT2D eigenvalue weighted by Crippen LogP contribution is -2.50. The van der Waals surface area contributed by atoms with E-state index in [1.807, 2.05) is 24.4 Å². The molecule has 2 aromatic rings. The Balaban J connectivity index is 2.12. The van der Waals surface area contributed by atoms with Gasteiger partial charge in [0.15, 0.2) is 9.84 Å². The van der Waals surface area contributed by atoms with E-state index >= 15 is 0 Å². The first kappa shape index (κ1) is 17.2. The summed E-state index contributed by atoms with van der Waals surface area (Å²) >= 11 is 0. The zero-order valence-electron chi connectivity index (χ0n) is 14.4. The number of nitrogens with one attached hydrogen (secondary N) is 2. The van der Waals surface area contributed by atoms with Crippen molar-refractivity contribution in [1.82, 2.24) is 10.3 Å². The van der Waals surface area contributed by atoms with E-state index in [1.165, 1.54) is 0 Å². The molecule has 0 aliphatic carbocycles. The molecule has 0 saturated heterocycles. The van der Waals surface area contributed by atoms with Crippen molar-refractivity contribution in [3.05, 3.63) is 53.9 Å². The van der Waals surface area contributed by atoms with E-state index in [0.717, 1.165) is 36.8 Å². The van der Waals surface area contributed by atoms with Crippen molar-refractivity contribution < 1.29 is 8.42 Å². The molecule has 130 valence electrons. The number of hydrogen-bond donors (Lipinski definition) is 2. The molecular formula is C19H26N2O2S. The van der Waals surface area contributed by atoms with Gasteiger partial charge in [-0.1, -0.05) is 57.0 Å². The number of H-pyrrole nitrogens is 1. The number of aromatic amines is 1. The molecule has 24 heavy (non-hydrogen) atoms. The second-order valence-electron chi connectivity index (χ2n) is 6.76. The third-order valence-corrected chi connectivity index (χ3v) is 7.08. The molecule has 2 heterocycles. The Morgan fingerprint density at radius 3 is 2.58 bits per heavy atom. The number of benzene rings is 1. The standard InChI is InChI=1S/C19H26N2O2S/c1-3-5-11-19(4-2)14-24(22,23)17-13-20-12-16(17)18(21-19)15-9-7-6-8-10-15/h6-10,12-13,18,20-21H,3-5,11,14H2,1-2H3/t18-,19-/m1/s1. The highest BCUT2D eigenvalue weighted by molar-refractivity contribution is 7.91. The van der Waals surface area contributed by atoms with Crippen LogP contribution in [0, 0.1) is 0 Å². The maximum Gasteiger partial charge on any atom is 0.182 e. The summed E-state index contributed by atoms with van der Waals surface area (Å²) in [6.07, 6.45) is 7.21. The maximum absolute atomic E-state index is 13.0. The predicted molar refractivity (Wildman–Crippen MR) is 96.8 cm³/mol. The van der Waals surface area contributed by atoms with Crippen LogP contribution in [-0.4, -0.2) is 24.7 Å². The summed E-state index contributed by atoms with van der Waals surface area (Å²) in [7, 11) is -3.32. The molecule has 3 rings (SSSR count). The molecule has 0 saturated carbocycles. The zero-order chi connectivity index (χ0) is 17.2. The molecule has 2 atom stereocenters. The van der Waals surface area contributed by atoms with Crippen LogP contribution in [-0.2, 0) is 9.84 Å². The molecule has 0 bridgehead atoms. The van der Waals surface area contributed by atoms with Crippen molar-refractivity contribution in [2.45, 2.75) is 56.0 Å². The summed E-state index contributed by atoms with van der Waals surface area (Å²) in [5.41, 5.74) is 1.54. The average molecular weight is 346 g/mol. The Bertz CT molecular complexity index is 783. The quantitative estimate of drug-likeness (QED) is 0.865. The topological polar surface area (TPSA) is 62.0 Å². The van der Waals surface area contributed by atoms with E-state index in [9.17, 15) is 8.42 Å². The maximum atomic E-state index is 13.0. The van der Waals surface area contributed by atoms with Gasteiger partial charge < -0.3 is 4.98 Å². The second kappa shape index (κ2) is 6.73. The minimum Gasteiger partial charge on any atom is -0.366 e. The van der Waals surface area contributed by atoms with Crippen molar-refractivity contribution >= 4 is 9.84 Å². The summed E-state index contributed by atoms with van der Waals surface area (Å²) in [6.45, 7) is 4.23. The SMILES string of the molecule is CCCC[C@]1(CC)CS(=O)(=O)c2c[nH]cc2[C@@H](c2ccccc2)N1. The monoisotopic (exact) mass is 346 g/mol. The van der Waals surface area contributed by atoms with Gasteiger partial charge in [-0.15, -0.1) is 0 Å². The van der Waals surface area contributed by atoms with Crippen molar-refractivity contribution in [2.24, 2.45) is 0 Å². The minimum absolute atomic E-state index is 0.110. The van der Waals surface area contributed by atoms with Crippen molar-refractivity contribution in [1.29, 1.82) is 0 Å². The summed E-state index contributed by atoms with van der Waals surface area (Å²) < 4.78 is 26.0. The first-order valence-corrected chi connectivity index (χ1v) is 10.4. The zero-order valence-corrected chi connectivity index (χ0v) is 15.2. The van der Waals surface area contributed by atoms with Crippen LogP contribution in [0.5, 0.6) is 0 Å². The molecule has 0 unspecified atom stereocenters. The molecule has 1 aliphatic heterocycles. The highest BCUT2D eigenvalue weighted by atomic mass is 32.2. The van der Waals surface area contributed by atoms with E-state index in [2.05, 4.69) is 36.3 Å². The number of aromatic nitrogens is 1. The highest BCUT2D eigenvalue weighted by Crippen LogP contribution is 2.37. The first-order valence-electron chi connectivity index (χ1n) is 8.73. The number of unbranched alkanes of at least 4 members (excludes halogenated alkanes) is 1. The molecule has 0 spiro atoms. The van der Waals surface area contributed by atoms with Gasteiger partial charge in [-0.05, 0) is 18.4 Å². The van der Waals surface area contributed by atoms with Gasteiger partial charge in [-0.2, -0.15) is 0 Å². The van der Waals surface area contributed by atoms with E-state index in [0.29, 0.717) is 4.90 Å². The third-order valence-electron chi connectivity index (χ3n) is 5.12. The molecular weight excluding hydrogens is 320 g/mol. The van der Waals surface area contributed by atoms with Crippen LogP contribution in [0.1, 0.15) is 56.7 Å². The van der Waals surface area contributed by atoms with Crippen LogP contribution < -0.4 is 5.32 Å². The van der Waals surface area contributed by atoms with E-state index in [1.54, 1.807) is 6.20 Å². The fraction of sp³-hybridized carbons (Fsp3) is 0.474. The van der Waals surface area contributed by atoms with Crippen LogP contribution in [0.15, 0.2) is 47.6 Å². The predicted octanol–water partition coefficient (Wildman–Crippen LogP) is 3.82. The number of sulfone groups is 1. The van der Waals surface area contributed by atoms with Crippen molar-refractivity contribution in [3.63, 3.8) is 0 Å². The lowest BCUT2D eigenvalue weighted by molar-refractivity contribution is 0.295. The normalized spacial score (nSPS) is 25.8. The van der Waals surface area contributed by atoms with Gasteiger partial charge in [0.2, 0.25) is 0 Å². The number of fused-ring (bicyclic) bond motifs is 1. The summed E-state index contributed by atoms with van der Waals surface area (Å²) in [4.78, 5) is 3.43. The molecule has 5 heteroatoms. The lowest BCUT2D eigenvalue weighted by Gasteiger charge is -2.35. The van der Waals surface area contributed by atoms with E-state index < -0.39 is 9.84 Å². The summed E-state index contributed by atoms with van der Waals surface area (Å²) in [6, 6.07) is 10.0.